The van der Waals surface area contributed by atoms with E-state index in [1.165, 1.54) is 11.5 Å². The summed E-state index contributed by atoms with van der Waals surface area (Å²) in [5, 5.41) is 9.09. The Morgan fingerprint density at radius 1 is 1.45 bits per heavy atom. The summed E-state index contributed by atoms with van der Waals surface area (Å²) in [4.78, 5) is 37.2. The van der Waals surface area contributed by atoms with Crippen molar-refractivity contribution in [3.05, 3.63) is 27.4 Å². The van der Waals surface area contributed by atoms with Crippen LogP contribution in [0.25, 0.3) is 0 Å². The molecule has 110 valence electrons. The van der Waals surface area contributed by atoms with E-state index in [-0.39, 0.29) is 13.2 Å². The number of nitrogens with zero attached hydrogens (tertiary/aromatic N) is 2. The van der Waals surface area contributed by atoms with Gasteiger partial charge in [-0.25, -0.2) is 9.59 Å². The molecule has 1 aromatic rings. The quantitative estimate of drug-likeness (QED) is 0.792. The Balaban J connectivity index is 3.19. The predicted molar refractivity (Wildman–Crippen MR) is 69.6 cm³/mol. The van der Waals surface area contributed by atoms with Gasteiger partial charge < -0.3 is 15.6 Å². The highest BCUT2D eigenvalue weighted by Gasteiger charge is 2.22. The van der Waals surface area contributed by atoms with Crippen molar-refractivity contribution in [2.45, 2.75) is 33.2 Å². The molecule has 0 saturated carbocycles. The Morgan fingerprint density at radius 3 is 2.55 bits per heavy atom. The van der Waals surface area contributed by atoms with Crippen LogP contribution in [0.5, 0.6) is 0 Å². The topological polar surface area (TPSA) is 125 Å². The minimum atomic E-state index is -1.00. The van der Waals surface area contributed by atoms with Crippen molar-refractivity contribution >= 4 is 12.1 Å². The van der Waals surface area contributed by atoms with Crippen LogP contribution in [-0.4, -0.2) is 33.3 Å². The predicted octanol–water partition coefficient (Wildman–Crippen LogP) is 0.144. The maximum Gasteiger partial charge on any atom is 0.404 e. The first-order valence-electron chi connectivity index (χ1n) is 5.98. The van der Waals surface area contributed by atoms with Crippen LogP contribution in [0.3, 0.4) is 0 Å². The maximum absolute atomic E-state index is 11.8. The van der Waals surface area contributed by atoms with Crippen molar-refractivity contribution in [1.29, 1.82) is 0 Å². The summed E-state index contributed by atoms with van der Waals surface area (Å²) in [5.74, 6) is -1.79. The standard InChI is InChI=1S/C12H17N3O5/c1-6(10(16)17)9-7(2)14-12(19)15(8(9)3)4-5-20-11(13)18/h6H,4-5H2,1-3H3,(H2,13,18)(H,16,17). The largest absolute Gasteiger partial charge is 0.481 e. The van der Waals surface area contributed by atoms with Crippen LogP contribution in [0.1, 0.15) is 29.8 Å². The fourth-order valence-electron chi connectivity index (χ4n) is 2.07. The van der Waals surface area contributed by atoms with E-state index in [4.69, 9.17) is 10.8 Å². The van der Waals surface area contributed by atoms with E-state index in [1.807, 2.05) is 0 Å². The molecule has 0 fully saturated rings. The number of hydrogen-bond acceptors (Lipinski definition) is 5. The van der Waals surface area contributed by atoms with Gasteiger partial charge in [0.2, 0.25) is 0 Å². The van der Waals surface area contributed by atoms with Crippen LogP contribution in [0.15, 0.2) is 4.79 Å². The van der Waals surface area contributed by atoms with E-state index < -0.39 is 23.7 Å². The van der Waals surface area contributed by atoms with Crippen molar-refractivity contribution in [3.63, 3.8) is 0 Å². The van der Waals surface area contributed by atoms with Crippen LogP contribution in [0, 0.1) is 13.8 Å². The average molecular weight is 283 g/mol. The SMILES string of the molecule is Cc1nc(=O)n(CCOC(N)=O)c(C)c1C(C)C(=O)O. The van der Waals surface area contributed by atoms with Gasteiger partial charge in [0.05, 0.1) is 12.5 Å². The van der Waals surface area contributed by atoms with E-state index in [0.29, 0.717) is 17.0 Å². The lowest BCUT2D eigenvalue weighted by Gasteiger charge is -2.17. The number of ether oxygens (including phenoxy) is 1. The Labute approximate surface area is 115 Å². The number of aryl methyl sites for hydroxylation is 1. The molecule has 1 amide bonds. The summed E-state index contributed by atoms with van der Waals surface area (Å²) in [6.07, 6.45) is -0.935. The van der Waals surface area contributed by atoms with Gasteiger partial charge >= 0.3 is 17.8 Å². The van der Waals surface area contributed by atoms with Gasteiger partial charge in [-0.1, -0.05) is 0 Å². The summed E-state index contributed by atoms with van der Waals surface area (Å²) in [6, 6.07) is 0. The van der Waals surface area contributed by atoms with Crippen LogP contribution in [-0.2, 0) is 16.1 Å². The molecular formula is C12H17N3O5. The lowest BCUT2D eigenvalue weighted by Crippen LogP contribution is -2.31. The molecule has 0 radical (unpaired) electrons. The molecule has 8 heteroatoms. The Bertz CT molecular complexity index is 593. The fourth-order valence-corrected chi connectivity index (χ4v) is 2.07. The highest BCUT2D eigenvalue weighted by molar-refractivity contribution is 5.76. The summed E-state index contributed by atoms with van der Waals surface area (Å²) in [7, 11) is 0. The molecule has 0 bridgehead atoms. The highest BCUT2D eigenvalue weighted by Crippen LogP contribution is 2.21. The van der Waals surface area contributed by atoms with Gasteiger partial charge in [-0.15, -0.1) is 0 Å². The van der Waals surface area contributed by atoms with Crippen molar-refractivity contribution in [2.75, 3.05) is 6.61 Å². The number of primary amides is 1. The number of aromatic nitrogens is 2. The van der Waals surface area contributed by atoms with Crippen molar-refractivity contribution in [1.82, 2.24) is 9.55 Å². The van der Waals surface area contributed by atoms with Gasteiger partial charge in [0.25, 0.3) is 0 Å². The first-order chi connectivity index (χ1) is 9.25. The van der Waals surface area contributed by atoms with Crippen LogP contribution >= 0.6 is 0 Å². The zero-order valence-electron chi connectivity index (χ0n) is 11.5. The Morgan fingerprint density at radius 2 is 2.05 bits per heavy atom. The Kier molecular flexibility index (Phi) is 4.84. The molecule has 0 aromatic carbocycles. The first kappa shape index (κ1) is 15.7. The number of hydrogen-bond donors (Lipinski definition) is 2. The zero-order chi connectivity index (χ0) is 15.4. The number of nitrogens with two attached hydrogens (primary N) is 1. The highest BCUT2D eigenvalue weighted by atomic mass is 16.5. The molecule has 0 aliphatic rings. The molecule has 0 saturated heterocycles. The minimum Gasteiger partial charge on any atom is -0.481 e. The zero-order valence-corrected chi connectivity index (χ0v) is 11.5. The number of carbonyl (C=O) groups is 2. The Hall–Kier alpha value is -2.38. The second-order valence-corrected chi connectivity index (χ2v) is 4.36. The molecule has 1 aromatic heterocycles. The number of aliphatic carboxylic acids is 1. The molecule has 1 rings (SSSR count). The number of rotatable bonds is 5. The van der Waals surface area contributed by atoms with Crippen LogP contribution in [0.4, 0.5) is 4.79 Å². The van der Waals surface area contributed by atoms with Gasteiger partial charge in [0.15, 0.2) is 0 Å². The van der Waals surface area contributed by atoms with E-state index >= 15 is 0 Å². The first-order valence-corrected chi connectivity index (χ1v) is 5.98. The lowest BCUT2D eigenvalue weighted by atomic mass is 9.98. The number of carboxylic acids is 1. The van der Waals surface area contributed by atoms with E-state index in [0.717, 1.165) is 0 Å². The molecule has 0 spiro atoms. The average Bonchev–Trinajstić information content (AvgIpc) is 2.32. The van der Waals surface area contributed by atoms with Crippen LogP contribution in [0.2, 0.25) is 0 Å². The molecule has 8 nitrogen and oxygen atoms in total. The van der Waals surface area contributed by atoms with E-state index in [9.17, 15) is 14.4 Å². The van der Waals surface area contributed by atoms with Gasteiger partial charge in [0.1, 0.15) is 6.61 Å². The molecule has 0 aliphatic carbocycles. The van der Waals surface area contributed by atoms with Crippen molar-refractivity contribution in [2.24, 2.45) is 5.73 Å². The number of carbonyl (C=O) groups excluding carboxylic acids is 1. The van der Waals surface area contributed by atoms with Crippen molar-refractivity contribution in [3.8, 4) is 0 Å². The summed E-state index contributed by atoms with van der Waals surface area (Å²) >= 11 is 0. The van der Waals surface area contributed by atoms with Gasteiger partial charge in [-0.05, 0) is 20.8 Å². The van der Waals surface area contributed by atoms with E-state index in [2.05, 4.69) is 9.72 Å². The summed E-state index contributed by atoms with van der Waals surface area (Å²) in [5.41, 5.74) is 5.67. The van der Waals surface area contributed by atoms with Gasteiger partial charge in [-0.3, -0.25) is 9.36 Å². The monoisotopic (exact) mass is 283 g/mol. The number of carboxylic acid groups (broad SMARTS) is 1. The third kappa shape index (κ3) is 3.34. The molecule has 1 heterocycles. The lowest BCUT2D eigenvalue weighted by molar-refractivity contribution is -0.138. The second-order valence-electron chi connectivity index (χ2n) is 4.36. The molecule has 1 unspecified atom stereocenters. The third-order valence-electron chi connectivity index (χ3n) is 3.04. The van der Waals surface area contributed by atoms with E-state index in [1.54, 1.807) is 13.8 Å². The molecule has 20 heavy (non-hydrogen) atoms. The molecule has 1 atom stereocenters. The summed E-state index contributed by atoms with van der Waals surface area (Å²) in [6.45, 7) is 4.73. The van der Waals surface area contributed by atoms with Crippen LogP contribution < -0.4 is 11.4 Å². The molecular weight excluding hydrogens is 266 g/mol. The second kappa shape index (κ2) is 6.18. The minimum absolute atomic E-state index is 0.0697. The van der Waals surface area contributed by atoms with Gasteiger partial charge in [0, 0.05) is 17.0 Å². The summed E-state index contributed by atoms with van der Waals surface area (Å²) < 4.78 is 5.84. The third-order valence-corrected chi connectivity index (χ3v) is 3.04. The smallest absolute Gasteiger partial charge is 0.404 e. The fraction of sp³-hybridized carbons (Fsp3) is 0.500. The van der Waals surface area contributed by atoms with Gasteiger partial charge in [-0.2, -0.15) is 4.98 Å². The maximum atomic E-state index is 11.8. The molecule has 0 aliphatic heterocycles. The number of amides is 1. The molecule has 3 N–H and O–H groups in total. The van der Waals surface area contributed by atoms with Crippen molar-refractivity contribution < 1.29 is 19.4 Å². The normalized spacial score (nSPS) is 11.9.